The molecule has 5 nitrogen and oxygen atoms in total. The number of fused-ring (bicyclic) bond motifs is 1. The molecule has 2 heterocycles. The summed E-state index contributed by atoms with van der Waals surface area (Å²) in [6.07, 6.45) is 4.65. The van der Waals surface area contributed by atoms with E-state index >= 15 is 0 Å². The molecule has 0 fully saturated rings. The van der Waals surface area contributed by atoms with Crippen LogP contribution in [0.2, 0.25) is 0 Å². The molecule has 94 valence electrons. The fraction of sp³-hybridized carbons (Fsp3) is 0.385. The topological polar surface area (TPSA) is 77.0 Å². The van der Waals surface area contributed by atoms with Crippen molar-refractivity contribution in [1.29, 1.82) is 0 Å². The molecule has 1 aliphatic carbocycles. The summed E-state index contributed by atoms with van der Waals surface area (Å²) in [7, 11) is 1.77. The van der Waals surface area contributed by atoms with Crippen molar-refractivity contribution < 1.29 is 5.11 Å². The van der Waals surface area contributed by atoms with Gasteiger partial charge in [0, 0.05) is 30.4 Å². The van der Waals surface area contributed by atoms with Gasteiger partial charge in [-0.3, -0.25) is 9.67 Å². The molecule has 2 aromatic rings. The molecule has 2 aromatic heterocycles. The molecule has 1 aliphatic rings. The van der Waals surface area contributed by atoms with Crippen LogP contribution >= 0.6 is 0 Å². The van der Waals surface area contributed by atoms with Crippen LogP contribution in [-0.2, 0) is 13.5 Å². The van der Waals surface area contributed by atoms with Crippen molar-refractivity contribution in [1.82, 2.24) is 14.8 Å². The zero-order valence-corrected chi connectivity index (χ0v) is 10.2. The third-order valence-electron chi connectivity index (χ3n) is 3.72. The quantitative estimate of drug-likeness (QED) is 0.831. The zero-order valence-electron chi connectivity index (χ0n) is 10.2. The standard InChI is InChI=1S/C13H16N4O/c1-17-13(14)10(7-16-17)12(18)9-5-4-8-3-2-6-15-11(8)9/h2-3,6-7,9,12,18H,4-5,14H2,1H3. The summed E-state index contributed by atoms with van der Waals surface area (Å²) in [5, 5.41) is 14.6. The van der Waals surface area contributed by atoms with Gasteiger partial charge in [0.05, 0.1) is 12.3 Å². The molecular formula is C13H16N4O. The Balaban J connectivity index is 1.95. The minimum Gasteiger partial charge on any atom is -0.388 e. The van der Waals surface area contributed by atoms with Gasteiger partial charge in [0.1, 0.15) is 5.82 Å². The summed E-state index contributed by atoms with van der Waals surface area (Å²) in [6, 6.07) is 4.01. The average molecular weight is 244 g/mol. The second kappa shape index (κ2) is 4.10. The van der Waals surface area contributed by atoms with E-state index in [1.165, 1.54) is 5.56 Å². The fourth-order valence-electron chi connectivity index (χ4n) is 2.66. The van der Waals surface area contributed by atoms with Gasteiger partial charge >= 0.3 is 0 Å². The summed E-state index contributed by atoms with van der Waals surface area (Å²) < 4.78 is 1.58. The van der Waals surface area contributed by atoms with Gasteiger partial charge in [-0.2, -0.15) is 5.10 Å². The molecule has 3 rings (SSSR count). The second-order valence-electron chi connectivity index (χ2n) is 4.75. The number of hydrogen-bond donors (Lipinski definition) is 2. The maximum atomic E-state index is 10.5. The molecule has 0 radical (unpaired) electrons. The van der Waals surface area contributed by atoms with Crippen molar-refractivity contribution in [2.45, 2.75) is 24.9 Å². The lowest BCUT2D eigenvalue weighted by molar-refractivity contribution is 0.144. The normalized spacial score (nSPS) is 19.8. The van der Waals surface area contributed by atoms with Crippen LogP contribution in [0, 0.1) is 0 Å². The minimum absolute atomic E-state index is 0.0210. The first-order chi connectivity index (χ1) is 8.68. The summed E-state index contributed by atoms with van der Waals surface area (Å²) in [5.74, 6) is 0.541. The van der Waals surface area contributed by atoms with Gasteiger partial charge < -0.3 is 10.8 Å². The van der Waals surface area contributed by atoms with Crippen LogP contribution in [0.4, 0.5) is 5.82 Å². The van der Waals surface area contributed by atoms with Crippen LogP contribution in [0.5, 0.6) is 0 Å². The lowest BCUT2D eigenvalue weighted by atomic mass is 9.95. The highest BCUT2D eigenvalue weighted by Crippen LogP contribution is 2.41. The number of nitrogens with zero attached hydrogens (tertiary/aromatic N) is 3. The SMILES string of the molecule is Cn1ncc(C(O)C2CCc3cccnc32)c1N. The number of aromatic nitrogens is 3. The molecule has 0 bridgehead atoms. The predicted molar refractivity (Wildman–Crippen MR) is 67.9 cm³/mol. The molecule has 0 aliphatic heterocycles. The fourth-order valence-corrected chi connectivity index (χ4v) is 2.66. The van der Waals surface area contributed by atoms with Crippen LogP contribution < -0.4 is 5.73 Å². The van der Waals surface area contributed by atoms with Gasteiger partial charge in [0.2, 0.25) is 0 Å². The van der Waals surface area contributed by atoms with Crippen LogP contribution in [0.1, 0.15) is 35.3 Å². The maximum absolute atomic E-state index is 10.5. The Morgan fingerprint density at radius 3 is 3.11 bits per heavy atom. The Morgan fingerprint density at radius 1 is 1.56 bits per heavy atom. The third kappa shape index (κ3) is 1.59. The second-order valence-corrected chi connectivity index (χ2v) is 4.75. The summed E-state index contributed by atoms with van der Waals surface area (Å²) >= 11 is 0. The Labute approximate surface area is 105 Å². The van der Waals surface area contributed by atoms with Crippen molar-refractivity contribution in [3.05, 3.63) is 41.3 Å². The van der Waals surface area contributed by atoms with Crippen LogP contribution in [0.3, 0.4) is 0 Å². The van der Waals surface area contributed by atoms with Crippen molar-refractivity contribution in [3.8, 4) is 0 Å². The Hall–Kier alpha value is -1.88. The predicted octanol–water partition coefficient (Wildman–Crippen LogP) is 1.16. The van der Waals surface area contributed by atoms with Gasteiger partial charge in [0.15, 0.2) is 0 Å². The summed E-state index contributed by atoms with van der Waals surface area (Å²) in [4.78, 5) is 4.40. The van der Waals surface area contributed by atoms with Gasteiger partial charge in [-0.15, -0.1) is 0 Å². The first-order valence-corrected chi connectivity index (χ1v) is 6.07. The van der Waals surface area contributed by atoms with Crippen molar-refractivity contribution in [2.75, 3.05) is 5.73 Å². The molecule has 18 heavy (non-hydrogen) atoms. The average Bonchev–Trinajstić information content (AvgIpc) is 2.94. The molecule has 2 atom stereocenters. The highest BCUT2D eigenvalue weighted by atomic mass is 16.3. The number of aryl methyl sites for hydroxylation is 2. The Kier molecular flexibility index (Phi) is 2.56. The van der Waals surface area contributed by atoms with Crippen LogP contribution in [-0.4, -0.2) is 19.9 Å². The monoisotopic (exact) mass is 244 g/mol. The lowest BCUT2D eigenvalue weighted by Gasteiger charge is -2.17. The van der Waals surface area contributed by atoms with E-state index in [4.69, 9.17) is 5.73 Å². The summed E-state index contributed by atoms with van der Waals surface area (Å²) in [6.45, 7) is 0. The van der Waals surface area contributed by atoms with Gasteiger partial charge in [-0.1, -0.05) is 6.07 Å². The van der Waals surface area contributed by atoms with E-state index in [0.717, 1.165) is 18.5 Å². The van der Waals surface area contributed by atoms with E-state index in [9.17, 15) is 5.11 Å². The van der Waals surface area contributed by atoms with Gasteiger partial charge in [0.25, 0.3) is 0 Å². The van der Waals surface area contributed by atoms with Gasteiger partial charge in [-0.25, -0.2) is 0 Å². The number of aliphatic hydroxyl groups is 1. The highest BCUT2D eigenvalue weighted by Gasteiger charge is 2.32. The Morgan fingerprint density at radius 2 is 2.39 bits per heavy atom. The Bertz CT molecular complexity index is 578. The number of pyridine rings is 1. The molecular weight excluding hydrogens is 228 g/mol. The minimum atomic E-state index is -0.630. The number of nitrogen functional groups attached to an aromatic ring is 1. The number of anilines is 1. The largest absolute Gasteiger partial charge is 0.388 e. The van der Waals surface area contributed by atoms with E-state index in [1.54, 1.807) is 24.1 Å². The first-order valence-electron chi connectivity index (χ1n) is 6.07. The number of hydrogen-bond acceptors (Lipinski definition) is 4. The molecule has 5 heteroatoms. The van der Waals surface area contributed by atoms with Crippen LogP contribution in [0.15, 0.2) is 24.5 Å². The van der Waals surface area contributed by atoms with Crippen molar-refractivity contribution in [3.63, 3.8) is 0 Å². The van der Waals surface area contributed by atoms with Crippen molar-refractivity contribution >= 4 is 5.82 Å². The highest BCUT2D eigenvalue weighted by molar-refractivity contribution is 5.43. The third-order valence-corrected chi connectivity index (χ3v) is 3.72. The molecule has 3 N–H and O–H groups in total. The first kappa shape index (κ1) is 11.2. The zero-order chi connectivity index (χ0) is 12.7. The van der Waals surface area contributed by atoms with Gasteiger partial charge in [-0.05, 0) is 24.5 Å². The molecule has 0 saturated carbocycles. The molecule has 0 amide bonds. The van der Waals surface area contributed by atoms with E-state index in [1.807, 2.05) is 6.07 Å². The number of nitrogens with two attached hydrogens (primary N) is 1. The molecule has 0 spiro atoms. The number of aliphatic hydroxyl groups excluding tert-OH is 1. The van der Waals surface area contributed by atoms with E-state index < -0.39 is 6.10 Å². The molecule has 0 aromatic carbocycles. The molecule has 0 saturated heterocycles. The molecule has 2 unspecified atom stereocenters. The summed E-state index contributed by atoms with van der Waals surface area (Å²) in [5.41, 5.74) is 8.83. The van der Waals surface area contributed by atoms with E-state index in [-0.39, 0.29) is 5.92 Å². The van der Waals surface area contributed by atoms with E-state index in [2.05, 4.69) is 16.1 Å². The van der Waals surface area contributed by atoms with Crippen molar-refractivity contribution in [2.24, 2.45) is 7.05 Å². The maximum Gasteiger partial charge on any atom is 0.127 e. The van der Waals surface area contributed by atoms with Crippen LogP contribution in [0.25, 0.3) is 0 Å². The van der Waals surface area contributed by atoms with E-state index in [0.29, 0.717) is 11.4 Å². The lowest BCUT2D eigenvalue weighted by Crippen LogP contribution is -2.11. The smallest absolute Gasteiger partial charge is 0.127 e. The number of rotatable bonds is 2.